The molecule has 4 heterocycles. The van der Waals surface area contributed by atoms with Gasteiger partial charge in [-0.1, -0.05) is 174 Å². The molecule has 4 aromatic rings. The highest BCUT2D eigenvalue weighted by molar-refractivity contribution is 6.44. The summed E-state index contributed by atoms with van der Waals surface area (Å²) >= 11 is 25.7. The molecule has 0 aliphatic carbocycles. The minimum Gasteiger partial charge on any atom is -0.494 e. The Labute approximate surface area is 534 Å². The van der Waals surface area contributed by atoms with E-state index in [1.165, 1.54) is 51.4 Å². The molecule has 0 aromatic heterocycles. The summed E-state index contributed by atoms with van der Waals surface area (Å²) in [5, 5.41) is 2.37. The number of aryl methyl sites for hydroxylation is 2. The first-order valence-corrected chi connectivity index (χ1v) is 34.4. The van der Waals surface area contributed by atoms with Crippen LogP contribution >= 0.6 is 46.4 Å². The van der Waals surface area contributed by atoms with Crippen molar-refractivity contribution in [3.63, 3.8) is 0 Å². The second-order valence-corrected chi connectivity index (χ2v) is 25.5. The number of ether oxygens (including phenoxy) is 4. The molecule has 0 saturated carbocycles. The van der Waals surface area contributed by atoms with E-state index < -0.39 is 18.6 Å². The Morgan fingerprint density at radius 1 is 0.442 bits per heavy atom. The van der Waals surface area contributed by atoms with Gasteiger partial charge in [0.05, 0.1) is 56.1 Å². The fourth-order valence-corrected chi connectivity index (χ4v) is 13.4. The molecule has 4 aliphatic rings. The molecule has 0 spiro atoms. The van der Waals surface area contributed by atoms with Crippen LogP contribution in [-0.4, -0.2) is 119 Å². The van der Waals surface area contributed by atoms with Crippen molar-refractivity contribution < 1.29 is 33.3 Å². The van der Waals surface area contributed by atoms with Crippen LogP contribution in [0.4, 0.5) is 27.5 Å². The van der Waals surface area contributed by atoms with Gasteiger partial charge in [0.2, 0.25) is 11.8 Å². The molecule has 4 aliphatic heterocycles. The maximum atomic E-state index is 14.6. The second-order valence-electron chi connectivity index (χ2n) is 23.9. The van der Waals surface area contributed by atoms with E-state index in [1.807, 2.05) is 72.8 Å². The number of anilines is 4. The van der Waals surface area contributed by atoms with E-state index in [2.05, 4.69) is 33.4 Å². The molecule has 0 radical (unpaired) electrons. The molecule has 472 valence electrons. The molecule has 86 heavy (non-hydrogen) atoms. The SMILES string of the molecule is CCCCCCCCCCC(OC(=O)OC(CCCCCCCCCC)N1C(=O)CCc2ccc(OCCCCN3CCN(c4cccc(Cl)c4Cl)CC3)cc21)N1C(=O)CCc2ccc(OCCCCN3CCN(c4cccc(Cl)c4Cl)CC3)cc21. The Balaban J connectivity index is 0.902. The molecule has 0 N–H and O–H groups in total. The lowest BCUT2D eigenvalue weighted by atomic mass is 9.99. The summed E-state index contributed by atoms with van der Waals surface area (Å²) in [7, 11) is 0. The Hall–Kier alpha value is -4.63. The molecule has 2 saturated heterocycles. The average Bonchev–Trinajstić information content (AvgIpc) is 2.48. The largest absolute Gasteiger partial charge is 0.512 e. The van der Waals surface area contributed by atoms with Crippen LogP contribution in [0.2, 0.25) is 20.1 Å². The van der Waals surface area contributed by atoms with Crippen LogP contribution in [0, 0.1) is 0 Å². The predicted octanol–water partition coefficient (Wildman–Crippen LogP) is 17.4. The van der Waals surface area contributed by atoms with Crippen molar-refractivity contribution in [2.24, 2.45) is 0 Å². The van der Waals surface area contributed by atoms with E-state index in [4.69, 9.17) is 65.4 Å². The number of rotatable bonds is 36. The number of hydrogen-bond donors (Lipinski definition) is 0. The molecule has 8 rings (SSSR count). The monoisotopic (exact) mass is 1260 g/mol. The quantitative estimate of drug-likeness (QED) is 0.0321. The number of amides is 2. The summed E-state index contributed by atoms with van der Waals surface area (Å²) in [6.07, 6.45) is 21.3. The molecule has 2 fully saturated rings. The zero-order valence-electron chi connectivity index (χ0n) is 51.5. The summed E-state index contributed by atoms with van der Waals surface area (Å²) in [5.74, 6) is 1.13. The van der Waals surface area contributed by atoms with Crippen molar-refractivity contribution in [1.29, 1.82) is 0 Å². The van der Waals surface area contributed by atoms with E-state index in [0.29, 0.717) is 94.7 Å². The van der Waals surface area contributed by atoms with Crippen molar-refractivity contribution >= 4 is 87.1 Å². The first kappa shape index (κ1) is 67.3. The van der Waals surface area contributed by atoms with E-state index in [1.54, 1.807) is 9.80 Å². The number of unbranched alkanes of at least 4 members (excludes halogenated alkanes) is 16. The molecular weight excluding hydrogens is 1170 g/mol. The fourth-order valence-electron chi connectivity index (χ4n) is 12.6. The van der Waals surface area contributed by atoms with Gasteiger partial charge in [-0.05, 0) is 112 Å². The van der Waals surface area contributed by atoms with Crippen LogP contribution in [0.15, 0.2) is 72.8 Å². The highest BCUT2D eigenvalue weighted by Gasteiger charge is 2.37. The molecule has 2 atom stereocenters. The molecule has 4 aromatic carbocycles. The van der Waals surface area contributed by atoms with Crippen LogP contribution in [0.3, 0.4) is 0 Å². The number of fused-ring (bicyclic) bond motifs is 2. The standard InChI is InChI=1S/C69H96Cl4N6O7/c1-3-5-7-9-11-13-15-17-29-65(78-61-51-55(35-31-53(61)33-37-63(78)80)83-49-21-19-39-74-41-45-76(46-42-74)59-27-23-25-57(70)67(59)72)85-69(82)86-66(30-18-16-14-12-10-8-6-4-2)79-62-52-56(36-32-54(62)34-38-64(79)81)84-50-22-20-40-75-43-47-77(48-44-75)60-28-24-26-58(71)68(60)73/h23-28,31-32,35-36,51-52,65-66H,3-22,29-30,33-34,37-50H2,1-2H3. The van der Waals surface area contributed by atoms with Gasteiger partial charge in [0.1, 0.15) is 11.5 Å². The van der Waals surface area contributed by atoms with E-state index >= 15 is 0 Å². The lowest BCUT2D eigenvalue weighted by Gasteiger charge is -2.37. The van der Waals surface area contributed by atoms with Crippen molar-refractivity contribution in [1.82, 2.24) is 9.80 Å². The van der Waals surface area contributed by atoms with Crippen LogP contribution in [0.1, 0.15) is 179 Å². The van der Waals surface area contributed by atoms with Gasteiger partial charge in [-0.25, -0.2) is 4.79 Å². The van der Waals surface area contributed by atoms with Crippen LogP contribution in [0.25, 0.3) is 0 Å². The first-order valence-electron chi connectivity index (χ1n) is 32.9. The summed E-state index contributed by atoms with van der Waals surface area (Å²) < 4.78 is 25.7. The van der Waals surface area contributed by atoms with Crippen molar-refractivity contribution in [2.45, 2.75) is 193 Å². The van der Waals surface area contributed by atoms with E-state index in [9.17, 15) is 14.4 Å². The molecule has 0 bridgehead atoms. The zero-order valence-corrected chi connectivity index (χ0v) is 54.5. The Kier molecular flexibility index (Phi) is 28.3. The summed E-state index contributed by atoms with van der Waals surface area (Å²) in [5.41, 5.74) is 5.39. The van der Waals surface area contributed by atoms with Crippen molar-refractivity contribution in [2.75, 3.05) is 98.3 Å². The third-order valence-corrected chi connectivity index (χ3v) is 19.2. The number of carbonyl (C=O) groups is 3. The number of piperazine rings is 2. The number of nitrogens with zero attached hydrogens (tertiary/aromatic N) is 6. The highest BCUT2D eigenvalue weighted by atomic mass is 35.5. The van der Waals surface area contributed by atoms with Crippen LogP contribution < -0.4 is 29.1 Å². The van der Waals surface area contributed by atoms with Gasteiger partial charge in [-0.3, -0.25) is 29.2 Å². The maximum Gasteiger partial charge on any atom is 0.512 e. The molecule has 13 nitrogen and oxygen atoms in total. The number of halogens is 4. The Morgan fingerprint density at radius 3 is 1.22 bits per heavy atom. The van der Waals surface area contributed by atoms with Gasteiger partial charge in [0.25, 0.3) is 0 Å². The summed E-state index contributed by atoms with van der Waals surface area (Å²) in [6, 6.07) is 23.6. The van der Waals surface area contributed by atoms with Gasteiger partial charge < -0.3 is 28.7 Å². The van der Waals surface area contributed by atoms with Gasteiger partial charge in [0, 0.05) is 90.2 Å². The van der Waals surface area contributed by atoms with Gasteiger partial charge in [-0.2, -0.15) is 0 Å². The fraction of sp³-hybridized carbons (Fsp3) is 0.609. The number of carbonyl (C=O) groups excluding carboxylic acids is 3. The van der Waals surface area contributed by atoms with Crippen LogP contribution in [0.5, 0.6) is 11.5 Å². The summed E-state index contributed by atoms with van der Waals surface area (Å²) in [6.45, 7) is 14.8. The Morgan fingerprint density at radius 2 is 0.826 bits per heavy atom. The van der Waals surface area contributed by atoms with E-state index in [0.717, 1.165) is 165 Å². The molecular formula is C69H96Cl4N6O7. The smallest absolute Gasteiger partial charge is 0.494 e. The first-order chi connectivity index (χ1) is 42.0. The molecule has 2 unspecified atom stereocenters. The summed E-state index contributed by atoms with van der Waals surface area (Å²) in [4.78, 5) is 56.2. The van der Waals surface area contributed by atoms with Gasteiger partial charge in [-0.15, -0.1) is 0 Å². The van der Waals surface area contributed by atoms with Gasteiger partial charge >= 0.3 is 6.16 Å². The zero-order chi connectivity index (χ0) is 60.5. The Bertz CT molecular complexity index is 2560. The third-order valence-electron chi connectivity index (χ3n) is 17.6. The lowest BCUT2D eigenvalue weighted by molar-refractivity contribution is -0.121. The number of benzene rings is 4. The molecule has 17 heteroatoms. The average molecular weight is 1260 g/mol. The predicted molar refractivity (Wildman–Crippen MR) is 354 cm³/mol. The van der Waals surface area contributed by atoms with Crippen LogP contribution in [-0.2, 0) is 31.9 Å². The third kappa shape index (κ3) is 20.2. The normalized spacial score (nSPS) is 16.5. The maximum absolute atomic E-state index is 14.6. The minimum atomic E-state index is -0.912. The van der Waals surface area contributed by atoms with Crippen molar-refractivity contribution in [3.05, 3.63) is 104 Å². The van der Waals surface area contributed by atoms with Crippen molar-refractivity contribution in [3.8, 4) is 11.5 Å². The van der Waals surface area contributed by atoms with Gasteiger partial charge in [0.15, 0.2) is 12.5 Å². The number of hydrogen-bond acceptors (Lipinski definition) is 11. The highest BCUT2D eigenvalue weighted by Crippen LogP contribution is 2.39. The second kappa shape index (κ2) is 36.1. The topological polar surface area (TPSA) is 108 Å². The minimum absolute atomic E-state index is 0.105. The lowest BCUT2D eigenvalue weighted by Crippen LogP contribution is -2.48. The van der Waals surface area contributed by atoms with E-state index in [-0.39, 0.29) is 11.8 Å². The molecule has 2 amide bonds.